The van der Waals surface area contributed by atoms with Crippen LogP contribution < -0.4 is 9.80 Å². The zero-order valence-corrected chi connectivity index (χ0v) is 14.8. The molecule has 1 fully saturated rings. The standard InChI is InChI=1S/C20H18F4N2O2/c21-19(18(27)28)9-10-25-15(11-19)12-26(17-4-2-1-3-16(17)25)14-7-5-13(6-8-14)20(22,23)24/h1-8,15H,9-12H2,(H,27,28)/t15-,19-/m0/s1. The third-order valence-corrected chi connectivity index (χ3v) is 5.51. The maximum absolute atomic E-state index is 14.8. The maximum atomic E-state index is 14.8. The highest BCUT2D eigenvalue weighted by Gasteiger charge is 2.48. The van der Waals surface area contributed by atoms with Crippen molar-refractivity contribution >= 4 is 23.0 Å². The van der Waals surface area contributed by atoms with Crippen molar-refractivity contribution in [1.82, 2.24) is 0 Å². The summed E-state index contributed by atoms with van der Waals surface area (Å²) in [7, 11) is 0. The fraction of sp³-hybridized carbons (Fsp3) is 0.350. The van der Waals surface area contributed by atoms with E-state index in [1.807, 2.05) is 34.1 Å². The predicted molar refractivity (Wildman–Crippen MR) is 96.7 cm³/mol. The molecule has 2 aromatic carbocycles. The van der Waals surface area contributed by atoms with Crippen LogP contribution in [0.15, 0.2) is 48.5 Å². The Labute approximate surface area is 159 Å². The fourth-order valence-corrected chi connectivity index (χ4v) is 4.06. The molecule has 1 N–H and O–H groups in total. The molecule has 148 valence electrons. The summed E-state index contributed by atoms with van der Waals surface area (Å²) >= 11 is 0. The lowest BCUT2D eigenvalue weighted by atomic mass is 9.85. The number of benzene rings is 2. The van der Waals surface area contributed by atoms with E-state index in [2.05, 4.69) is 0 Å². The fourth-order valence-electron chi connectivity index (χ4n) is 4.06. The summed E-state index contributed by atoms with van der Waals surface area (Å²) in [5, 5.41) is 9.26. The van der Waals surface area contributed by atoms with Crippen LogP contribution in [0, 0.1) is 0 Å². The molecular formula is C20H18F4N2O2. The number of carboxylic acids is 1. The molecule has 2 aromatic rings. The van der Waals surface area contributed by atoms with Crippen molar-refractivity contribution in [2.45, 2.75) is 30.7 Å². The molecule has 0 radical (unpaired) electrons. The molecule has 0 unspecified atom stereocenters. The van der Waals surface area contributed by atoms with Gasteiger partial charge in [0.05, 0.1) is 23.0 Å². The van der Waals surface area contributed by atoms with E-state index in [1.54, 1.807) is 0 Å². The average Bonchev–Trinajstić information content (AvgIpc) is 2.66. The van der Waals surface area contributed by atoms with E-state index in [-0.39, 0.29) is 19.4 Å². The lowest BCUT2D eigenvalue weighted by Gasteiger charge is -2.49. The number of halogens is 4. The van der Waals surface area contributed by atoms with E-state index < -0.39 is 29.4 Å². The SMILES string of the molecule is O=C(O)[C@]1(F)CCN2c3ccccc3N(c3ccc(C(F)(F)F)cc3)C[C@@H]2C1. The van der Waals surface area contributed by atoms with Crippen LogP contribution >= 0.6 is 0 Å². The number of anilines is 3. The Morgan fingerprint density at radius 3 is 2.32 bits per heavy atom. The van der Waals surface area contributed by atoms with Gasteiger partial charge in [0.25, 0.3) is 0 Å². The molecule has 0 bridgehead atoms. The van der Waals surface area contributed by atoms with E-state index in [1.165, 1.54) is 12.1 Å². The Hall–Kier alpha value is -2.77. The summed E-state index contributed by atoms with van der Waals surface area (Å²) in [6.07, 6.45) is -4.70. The number of piperidine rings is 1. The summed E-state index contributed by atoms with van der Waals surface area (Å²) in [4.78, 5) is 15.2. The van der Waals surface area contributed by atoms with Gasteiger partial charge in [-0.15, -0.1) is 0 Å². The minimum Gasteiger partial charge on any atom is -0.479 e. The molecule has 0 amide bonds. The molecule has 8 heteroatoms. The highest BCUT2D eigenvalue weighted by molar-refractivity contribution is 5.82. The molecule has 0 aromatic heterocycles. The van der Waals surface area contributed by atoms with Gasteiger partial charge >= 0.3 is 12.1 Å². The van der Waals surface area contributed by atoms with Gasteiger partial charge in [-0.3, -0.25) is 0 Å². The smallest absolute Gasteiger partial charge is 0.416 e. The first-order chi connectivity index (χ1) is 13.2. The Bertz CT molecular complexity index is 900. The van der Waals surface area contributed by atoms with Crippen molar-refractivity contribution in [3.05, 3.63) is 54.1 Å². The molecule has 28 heavy (non-hydrogen) atoms. The Morgan fingerprint density at radius 2 is 1.71 bits per heavy atom. The number of rotatable bonds is 2. The molecule has 2 heterocycles. The van der Waals surface area contributed by atoms with Crippen molar-refractivity contribution in [2.24, 2.45) is 0 Å². The van der Waals surface area contributed by atoms with Gasteiger partial charge in [0.15, 0.2) is 0 Å². The molecule has 2 atom stereocenters. The molecule has 4 nitrogen and oxygen atoms in total. The Morgan fingerprint density at radius 1 is 1.07 bits per heavy atom. The van der Waals surface area contributed by atoms with Crippen LogP contribution in [0.1, 0.15) is 18.4 Å². The van der Waals surface area contributed by atoms with E-state index in [9.17, 15) is 27.5 Å². The second-order valence-electron chi connectivity index (χ2n) is 7.22. The average molecular weight is 394 g/mol. The van der Waals surface area contributed by atoms with Gasteiger partial charge in [-0.25, -0.2) is 9.18 Å². The summed E-state index contributed by atoms with van der Waals surface area (Å²) < 4.78 is 53.4. The van der Waals surface area contributed by atoms with E-state index in [0.717, 1.165) is 23.5 Å². The van der Waals surface area contributed by atoms with Crippen molar-refractivity contribution in [3.8, 4) is 0 Å². The number of para-hydroxylation sites is 2. The number of aliphatic carboxylic acids is 1. The monoisotopic (exact) mass is 394 g/mol. The number of alkyl halides is 4. The van der Waals surface area contributed by atoms with Crippen LogP contribution in [0.4, 0.5) is 34.6 Å². The van der Waals surface area contributed by atoms with Crippen molar-refractivity contribution < 1.29 is 27.5 Å². The van der Waals surface area contributed by atoms with Gasteiger partial charge in [-0.05, 0) is 36.4 Å². The van der Waals surface area contributed by atoms with Gasteiger partial charge < -0.3 is 14.9 Å². The number of nitrogens with zero attached hydrogens (tertiary/aromatic N) is 2. The summed E-state index contributed by atoms with van der Waals surface area (Å²) in [6, 6.07) is 11.8. The number of hydrogen-bond donors (Lipinski definition) is 1. The second kappa shape index (κ2) is 6.39. The normalized spacial score (nSPS) is 24.5. The number of carbonyl (C=O) groups is 1. The van der Waals surface area contributed by atoms with E-state index in [0.29, 0.717) is 12.2 Å². The van der Waals surface area contributed by atoms with Crippen molar-refractivity contribution in [2.75, 3.05) is 22.9 Å². The molecule has 0 aliphatic carbocycles. The van der Waals surface area contributed by atoms with Gasteiger partial charge in [0.2, 0.25) is 5.67 Å². The predicted octanol–water partition coefficient (Wildman–Crippen LogP) is 4.62. The number of carboxylic acid groups (broad SMARTS) is 1. The molecular weight excluding hydrogens is 376 g/mol. The first-order valence-electron chi connectivity index (χ1n) is 8.92. The number of hydrogen-bond acceptors (Lipinski definition) is 3. The molecule has 0 saturated carbocycles. The van der Waals surface area contributed by atoms with Crippen LogP contribution in [-0.2, 0) is 11.0 Å². The highest BCUT2D eigenvalue weighted by Crippen LogP contribution is 2.45. The minimum absolute atomic E-state index is 0.104. The lowest BCUT2D eigenvalue weighted by Crippen LogP contribution is -2.57. The first kappa shape index (κ1) is 18.6. The quantitative estimate of drug-likeness (QED) is 0.755. The van der Waals surface area contributed by atoms with Crippen LogP contribution in [0.3, 0.4) is 0 Å². The Balaban J connectivity index is 1.71. The third kappa shape index (κ3) is 3.06. The van der Waals surface area contributed by atoms with Crippen molar-refractivity contribution in [3.63, 3.8) is 0 Å². The zero-order valence-electron chi connectivity index (χ0n) is 14.8. The summed E-state index contributed by atoms with van der Waals surface area (Å²) in [5.74, 6) is -1.47. The van der Waals surface area contributed by atoms with Gasteiger partial charge in [0, 0.05) is 31.6 Å². The second-order valence-corrected chi connectivity index (χ2v) is 7.22. The zero-order chi connectivity index (χ0) is 20.1. The van der Waals surface area contributed by atoms with E-state index in [4.69, 9.17) is 0 Å². The number of fused-ring (bicyclic) bond motifs is 3. The highest BCUT2D eigenvalue weighted by atomic mass is 19.4. The minimum atomic E-state index is -4.42. The van der Waals surface area contributed by atoms with Gasteiger partial charge in [-0.2, -0.15) is 13.2 Å². The van der Waals surface area contributed by atoms with Crippen LogP contribution in [0.5, 0.6) is 0 Å². The van der Waals surface area contributed by atoms with Crippen LogP contribution in [-0.4, -0.2) is 35.9 Å². The Kier molecular flexibility index (Phi) is 4.24. The topological polar surface area (TPSA) is 43.8 Å². The lowest BCUT2D eigenvalue weighted by molar-refractivity contribution is -0.153. The maximum Gasteiger partial charge on any atom is 0.416 e. The first-order valence-corrected chi connectivity index (χ1v) is 8.92. The van der Waals surface area contributed by atoms with Gasteiger partial charge in [-0.1, -0.05) is 12.1 Å². The van der Waals surface area contributed by atoms with Crippen LogP contribution in [0.25, 0.3) is 0 Å². The molecule has 4 rings (SSSR count). The molecule has 2 aliphatic rings. The largest absolute Gasteiger partial charge is 0.479 e. The van der Waals surface area contributed by atoms with Crippen LogP contribution in [0.2, 0.25) is 0 Å². The molecule has 2 aliphatic heterocycles. The van der Waals surface area contributed by atoms with Gasteiger partial charge in [0.1, 0.15) is 0 Å². The molecule has 0 spiro atoms. The summed E-state index contributed by atoms with van der Waals surface area (Å²) in [6.45, 7) is 0.562. The summed E-state index contributed by atoms with van der Waals surface area (Å²) in [5.41, 5.74) is -0.856. The third-order valence-electron chi connectivity index (χ3n) is 5.51. The van der Waals surface area contributed by atoms with Crippen molar-refractivity contribution in [1.29, 1.82) is 0 Å². The van der Waals surface area contributed by atoms with E-state index >= 15 is 0 Å². The molecule has 1 saturated heterocycles.